The van der Waals surface area contributed by atoms with Gasteiger partial charge in [0.25, 0.3) is 0 Å². The Labute approximate surface area is 127 Å². The fraction of sp³-hybridized carbons (Fsp3) is 0.143. The van der Waals surface area contributed by atoms with Crippen molar-refractivity contribution >= 4 is 27.6 Å². The first-order chi connectivity index (χ1) is 9.77. The van der Waals surface area contributed by atoms with Crippen molar-refractivity contribution in [2.75, 3.05) is 6.26 Å². The molecule has 1 heterocycles. The highest BCUT2D eigenvalue weighted by Gasteiger charge is 2.10. The molecule has 0 fully saturated rings. The molecule has 5 nitrogen and oxygen atoms in total. The molecule has 0 saturated carbocycles. The average molecular weight is 323 g/mol. The molecule has 0 unspecified atom stereocenters. The summed E-state index contributed by atoms with van der Waals surface area (Å²) >= 11 is 1.34. The zero-order valence-corrected chi connectivity index (χ0v) is 13.0. The highest BCUT2D eigenvalue weighted by molar-refractivity contribution is 7.99. The SMILES string of the molecule is Cc1nc(Sc2ccc(S(C)(=O)=O)cc2)ccc1C(=O)O. The number of carboxylic acid groups (broad SMARTS) is 1. The van der Waals surface area contributed by atoms with Gasteiger partial charge in [-0.1, -0.05) is 11.8 Å². The Kier molecular flexibility index (Phi) is 4.34. The third-order valence-electron chi connectivity index (χ3n) is 2.76. The van der Waals surface area contributed by atoms with Crippen LogP contribution >= 0.6 is 11.8 Å². The summed E-state index contributed by atoms with van der Waals surface area (Å²) in [5, 5.41) is 9.61. The van der Waals surface area contributed by atoms with E-state index in [-0.39, 0.29) is 10.5 Å². The minimum absolute atomic E-state index is 0.173. The first-order valence-electron chi connectivity index (χ1n) is 5.96. The fourth-order valence-electron chi connectivity index (χ4n) is 1.70. The molecule has 0 saturated heterocycles. The molecule has 2 aromatic rings. The van der Waals surface area contributed by atoms with Crippen LogP contribution in [-0.2, 0) is 9.84 Å². The molecular formula is C14H13NO4S2. The molecule has 0 amide bonds. The molecule has 21 heavy (non-hydrogen) atoms. The van der Waals surface area contributed by atoms with Crippen LogP contribution in [0.3, 0.4) is 0 Å². The van der Waals surface area contributed by atoms with Gasteiger partial charge in [0.15, 0.2) is 9.84 Å². The van der Waals surface area contributed by atoms with Gasteiger partial charge in [0, 0.05) is 11.2 Å². The highest BCUT2D eigenvalue weighted by atomic mass is 32.2. The van der Waals surface area contributed by atoms with Crippen molar-refractivity contribution in [2.24, 2.45) is 0 Å². The second-order valence-electron chi connectivity index (χ2n) is 4.43. The smallest absolute Gasteiger partial charge is 0.337 e. The maximum Gasteiger partial charge on any atom is 0.337 e. The van der Waals surface area contributed by atoms with E-state index in [9.17, 15) is 13.2 Å². The molecule has 0 radical (unpaired) electrons. The Morgan fingerprint density at radius 1 is 1.14 bits per heavy atom. The van der Waals surface area contributed by atoms with Crippen LogP contribution in [-0.4, -0.2) is 30.7 Å². The molecule has 1 N–H and O–H groups in total. The molecule has 1 aromatic heterocycles. The predicted octanol–water partition coefficient (Wildman–Crippen LogP) is 2.64. The number of hydrogen-bond donors (Lipinski definition) is 1. The number of aromatic nitrogens is 1. The predicted molar refractivity (Wildman–Crippen MR) is 79.6 cm³/mol. The largest absolute Gasteiger partial charge is 0.478 e. The summed E-state index contributed by atoms with van der Waals surface area (Å²) < 4.78 is 22.7. The molecule has 2 rings (SSSR count). The second-order valence-corrected chi connectivity index (χ2v) is 7.54. The number of pyridine rings is 1. The van der Waals surface area contributed by atoms with Crippen molar-refractivity contribution < 1.29 is 18.3 Å². The Hall–Kier alpha value is -1.86. The van der Waals surface area contributed by atoms with Gasteiger partial charge in [-0.15, -0.1) is 0 Å². The Bertz CT molecular complexity index is 783. The molecule has 0 aliphatic heterocycles. The minimum Gasteiger partial charge on any atom is -0.478 e. The molecule has 110 valence electrons. The van der Waals surface area contributed by atoms with E-state index in [1.165, 1.54) is 30.0 Å². The van der Waals surface area contributed by atoms with Crippen LogP contribution < -0.4 is 0 Å². The molecule has 0 bridgehead atoms. The number of carboxylic acids is 1. The van der Waals surface area contributed by atoms with Crippen LogP contribution in [0.15, 0.2) is 51.2 Å². The van der Waals surface area contributed by atoms with Crippen molar-refractivity contribution in [1.82, 2.24) is 4.98 Å². The molecule has 0 aliphatic rings. The van der Waals surface area contributed by atoms with E-state index < -0.39 is 15.8 Å². The van der Waals surface area contributed by atoms with Crippen LogP contribution in [0.25, 0.3) is 0 Å². The number of benzene rings is 1. The van der Waals surface area contributed by atoms with E-state index in [0.717, 1.165) is 11.2 Å². The van der Waals surface area contributed by atoms with Crippen molar-refractivity contribution in [3.8, 4) is 0 Å². The van der Waals surface area contributed by atoms with Crippen LogP contribution in [0.2, 0.25) is 0 Å². The van der Waals surface area contributed by atoms with Crippen molar-refractivity contribution in [3.63, 3.8) is 0 Å². The van der Waals surface area contributed by atoms with E-state index in [4.69, 9.17) is 5.11 Å². The van der Waals surface area contributed by atoms with E-state index in [2.05, 4.69) is 4.98 Å². The summed E-state index contributed by atoms with van der Waals surface area (Å²) in [7, 11) is -3.20. The molecule has 0 aliphatic carbocycles. The molecule has 7 heteroatoms. The van der Waals surface area contributed by atoms with Gasteiger partial charge < -0.3 is 5.11 Å². The highest BCUT2D eigenvalue weighted by Crippen LogP contribution is 2.27. The van der Waals surface area contributed by atoms with Crippen LogP contribution in [0.1, 0.15) is 16.1 Å². The summed E-state index contributed by atoms with van der Waals surface area (Å²) in [6.07, 6.45) is 1.16. The van der Waals surface area contributed by atoms with Gasteiger partial charge in [-0.2, -0.15) is 0 Å². The van der Waals surface area contributed by atoms with Crippen molar-refractivity contribution in [3.05, 3.63) is 47.7 Å². The third-order valence-corrected chi connectivity index (χ3v) is 4.84. The van der Waals surface area contributed by atoms with E-state index in [0.29, 0.717) is 10.7 Å². The van der Waals surface area contributed by atoms with E-state index >= 15 is 0 Å². The lowest BCUT2D eigenvalue weighted by molar-refractivity contribution is 0.0695. The number of rotatable bonds is 4. The topological polar surface area (TPSA) is 84.3 Å². The van der Waals surface area contributed by atoms with Gasteiger partial charge in [-0.3, -0.25) is 0 Å². The number of aromatic carboxylic acids is 1. The fourth-order valence-corrected chi connectivity index (χ4v) is 3.16. The first kappa shape index (κ1) is 15.5. The first-order valence-corrected chi connectivity index (χ1v) is 8.67. The van der Waals surface area contributed by atoms with Gasteiger partial charge in [-0.05, 0) is 43.3 Å². The summed E-state index contributed by atoms with van der Waals surface area (Å²) in [4.78, 5) is 16.2. The molecular weight excluding hydrogens is 310 g/mol. The lowest BCUT2D eigenvalue weighted by atomic mass is 10.2. The van der Waals surface area contributed by atoms with Crippen LogP contribution in [0, 0.1) is 6.92 Å². The molecule has 0 atom stereocenters. The van der Waals surface area contributed by atoms with E-state index in [1.54, 1.807) is 25.1 Å². The third kappa shape index (κ3) is 3.83. The van der Waals surface area contributed by atoms with E-state index in [1.807, 2.05) is 0 Å². The standard InChI is InChI=1S/C14H13NO4S2/c1-9-12(14(16)17)7-8-13(15-9)20-10-3-5-11(6-4-10)21(2,18)19/h3-8H,1-2H3,(H,16,17). The maximum absolute atomic E-state index is 11.4. The zero-order valence-electron chi connectivity index (χ0n) is 11.4. The summed E-state index contributed by atoms with van der Waals surface area (Å²) in [5.74, 6) is -1.01. The summed E-state index contributed by atoms with van der Waals surface area (Å²) in [6, 6.07) is 9.61. The normalized spacial score (nSPS) is 11.3. The van der Waals surface area contributed by atoms with Gasteiger partial charge >= 0.3 is 5.97 Å². The summed E-state index contributed by atoms with van der Waals surface area (Å²) in [6.45, 7) is 1.64. The summed E-state index contributed by atoms with van der Waals surface area (Å²) in [5.41, 5.74) is 0.618. The quantitative estimate of drug-likeness (QED) is 0.931. The van der Waals surface area contributed by atoms with Gasteiger partial charge in [-0.25, -0.2) is 18.2 Å². The van der Waals surface area contributed by atoms with Crippen LogP contribution in [0.4, 0.5) is 0 Å². The molecule has 1 aromatic carbocycles. The molecule has 0 spiro atoms. The van der Waals surface area contributed by atoms with Crippen LogP contribution in [0.5, 0.6) is 0 Å². The lowest BCUT2D eigenvalue weighted by Gasteiger charge is -2.05. The minimum atomic E-state index is -3.20. The number of nitrogens with zero attached hydrogens (tertiary/aromatic N) is 1. The number of sulfone groups is 1. The second kappa shape index (κ2) is 5.87. The van der Waals surface area contributed by atoms with Gasteiger partial charge in [0.1, 0.15) is 5.03 Å². The van der Waals surface area contributed by atoms with Gasteiger partial charge in [0.2, 0.25) is 0 Å². The lowest BCUT2D eigenvalue weighted by Crippen LogP contribution is -2.01. The monoisotopic (exact) mass is 323 g/mol. The number of aryl methyl sites for hydroxylation is 1. The average Bonchev–Trinajstić information content (AvgIpc) is 2.38. The Morgan fingerprint density at radius 2 is 1.76 bits per heavy atom. The maximum atomic E-state index is 11.4. The Morgan fingerprint density at radius 3 is 2.24 bits per heavy atom. The van der Waals surface area contributed by atoms with Crippen molar-refractivity contribution in [1.29, 1.82) is 0 Å². The number of carbonyl (C=O) groups is 1. The Balaban J connectivity index is 2.23. The zero-order chi connectivity index (χ0) is 15.6. The van der Waals surface area contributed by atoms with Crippen molar-refractivity contribution in [2.45, 2.75) is 21.7 Å². The van der Waals surface area contributed by atoms with Gasteiger partial charge in [0.05, 0.1) is 16.2 Å². The number of hydrogen-bond acceptors (Lipinski definition) is 5.